The molecule has 0 N–H and O–H groups in total. The number of carbonyl (C=O) groups is 1. The van der Waals surface area contributed by atoms with Gasteiger partial charge in [-0.2, -0.15) is 0 Å². The molecule has 100 valence electrons. The van der Waals surface area contributed by atoms with Crippen molar-refractivity contribution in [3.8, 4) is 17.0 Å². The lowest BCUT2D eigenvalue weighted by molar-refractivity contribution is -0.274. The second-order valence-corrected chi connectivity index (χ2v) is 3.66. The summed E-state index contributed by atoms with van der Waals surface area (Å²) in [6, 6.07) is 5.40. The number of aryl methyl sites for hydroxylation is 1. The third-order valence-corrected chi connectivity index (χ3v) is 2.39. The molecule has 0 bridgehead atoms. The van der Waals surface area contributed by atoms with Gasteiger partial charge in [0.25, 0.3) is 0 Å². The SMILES string of the molecule is Cc1onc(-c2ccccc2OC(F)(F)F)c1C=O. The minimum absolute atomic E-state index is 0.0207. The van der Waals surface area contributed by atoms with E-state index in [9.17, 15) is 18.0 Å². The number of aldehydes is 1. The summed E-state index contributed by atoms with van der Waals surface area (Å²) in [7, 11) is 0. The molecule has 4 nitrogen and oxygen atoms in total. The zero-order valence-corrected chi connectivity index (χ0v) is 9.69. The largest absolute Gasteiger partial charge is 0.573 e. The molecule has 0 amide bonds. The minimum atomic E-state index is -4.82. The highest BCUT2D eigenvalue weighted by molar-refractivity contribution is 5.88. The highest BCUT2D eigenvalue weighted by Crippen LogP contribution is 2.34. The van der Waals surface area contributed by atoms with Gasteiger partial charge in [-0.1, -0.05) is 17.3 Å². The van der Waals surface area contributed by atoms with E-state index in [0.717, 1.165) is 6.07 Å². The van der Waals surface area contributed by atoms with E-state index in [1.165, 1.54) is 25.1 Å². The van der Waals surface area contributed by atoms with Crippen LogP contribution in [0.15, 0.2) is 28.8 Å². The maximum atomic E-state index is 12.3. The van der Waals surface area contributed by atoms with Crippen LogP contribution in [-0.2, 0) is 0 Å². The molecule has 0 spiro atoms. The lowest BCUT2D eigenvalue weighted by Crippen LogP contribution is -2.17. The van der Waals surface area contributed by atoms with Crippen LogP contribution in [0.3, 0.4) is 0 Å². The van der Waals surface area contributed by atoms with Crippen LogP contribution in [-0.4, -0.2) is 17.8 Å². The third kappa shape index (κ3) is 2.75. The number of halogens is 3. The number of aromatic nitrogens is 1. The molecule has 1 aromatic heterocycles. The standard InChI is InChI=1S/C12H8F3NO3/c1-7-9(6-17)11(16-19-7)8-4-2-3-5-10(8)18-12(13,14)15/h2-6H,1H3. The number of benzene rings is 1. The Bertz CT molecular complexity index is 605. The summed E-state index contributed by atoms with van der Waals surface area (Å²) in [5, 5.41) is 3.59. The average Bonchev–Trinajstić information content (AvgIpc) is 2.69. The number of para-hydroxylation sites is 1. The Morgan fingerprint density at radius 2 is 2.00 bits per heavy atom. The molecule has 0 radical (unpaired) electrons. The highest BCUT2D eigenvalue weighted by Gasteiger charge is 2.32. The first kappa shape index (κ1) is 13.1. The molecule has 1 aromatic carbocycles. The quantitative estimate of drug-likeness (QED) is 0.803. The van der Waals surface area contributed by atoms with Crippen molar-refractivity contribution in [3.05, 3.63) is 35.6 Å². The van der Waals surface area contributed by atoms with Crippen molar-refractivity contribution in [1.82, 2.24) is 5.16 Å². The predicted molar refractivity (Wildman–Crippen MR) is 58.7 cm³/mol. The molecular weight excluding hydrogens is 263 g/mol. The summed E-state index contributed by atoms with van der Waals surface area (Å²) in [6.07, 6.45) is -4.35. The van der Waals surface area contributed by atoms with E-state index in [0.29, 0.717) is 6.29 Å². The Balaban J connectivity index is 2.53. The first-order valence-corrected chi connectivity index (χ1v) is 5.19. The summed E-state index contributed by atoms with van der Waals surface area (Å²) in [5.41, 5.74) is 0.157. The number of ether oxygens (including phenoxy) is 1. The molecule has 0 fully saturated rings. The molecule has 2 rings (SSSR count). The van der Waals surface area contributed by atoms with Gasteiger partial charge < -0.3 is 9.26 Å². The van der Waals surface area contributed by atoms with Crippen LogP contribution in [0.5, 0.6) is 5.75 Å². The molecule has 0 unspecified atom stereocenters. The number of alkyl halides is 3. The van der Waals surface area contributed by atoms with Crippen LogP contribution in [0, 0.1) is 6.92 Å². The van der Waals surface area contributed by atoms with Crippen molar-refractivity contribution < 1.29 is 27.2 Å². The summed E-state index contributed by atoms with van der Waals surface area (Å²) in [4.78, 5) is 10.9. The first-order chi connectivity index (χ1) is 8.92. The lowest BCUT2D eigenvalue weighted by atomic mass is 10.1. The van der Waals surface area contributed by atoms with Crippen LogP contribution in [0.25, 0.3) is 11.3 Å². The molecule has 0 aliphatic rings. The van der Waals surface area contributed by atoms with Crippen molar-refractivity contribution in [3.63, 3.8) is 0 Å². The highest BCUT2D eigenvalue weighted by atomic mass is 19.4. The molecule has 1 heterocycles. The van der Waals surface area contributed by atoms with Crippen molar-refractivity contribution in [2.45, 2.75) is 13.3 Å². The number of nitrogens with zero attached hydrogens (tertiary/aromatic N) is 1. The Morgan fingerprint density at radius 3 is 2.63 bits per heavy atom. The number of hydrogen-bond donors (Lipinski definition) is 0. The van der Waals surface area contributed by atoms with Crippen LogP contribution in [0.1, 0.15) is 16.1 Å². The van der Waals surface area contributed by atoms with E-state index in [1.807, 2.05) is 0 Å². The number of carbonyl (C=O) groups excluding carboxylic acids is 1. The average molecular weight is 271 g/mol. The van der Waals surface area contributed by atoms with Crippen LogP contribution in [0.4, 0.5) is 13.2 Å². The molecule has 0 saturated heterocycles. The summed E-state index contributed by atoms with van der Waals surface area (Å²) < 4.78 is 45.6. The van der Waals surface area contributed by atoms with Gasteiger partial charge in [0.05, 0.1) is 5.56 Å². The second kappa shape index (κ2) is 4.75. The molecule has 19 heavy (non-hydrogen) atoms. The van der Waals surface area contributed by atoms with Gasteiger partial charge in [0.2, 0.25) is 0 Å². The van der Waals surface area contributed by atoms with Gasteiger partial charge in [-0.05, 0) is 19.1 Å². The van der Waals surface area contributed by atoms with E-state index >= 15 is 0 Å². The maximum Gasteiger partial charge on any atom is 0.573 e. The zero-order chi connectivity index (χ0) is 14.0. The summed E-state index contributed by atoms with van der Waals surface area (Å²) >= 11 is 0. The summed E-state index contributed by atoms with van der Waals surface area (Å²) in [6.45, 7) is 1.49. The zero-order valence-electron chi connectivity index (χ0n) is 9.69. The molecular formula is C12H8F3NO3. The molecule has 0 aliphatic heterocycles. The molecule has 0 aliphatic carbocycles. The molecule has 0 saturated carbocycles. The van der Waals surface area contributed by atoms with E-state index in [4.69, 9.17) is 4.52 Å². The Hall–Kier alpha value is -2.31. The maximum absolute atomic E-state index is 12.3. The van der Waals surface area contributed by atoms with Gasteiger partial charge in [0.1, 0.15) is 17.2 Å². The van der Waals surface area contributed by atoms with E-state index in [1.54, 1.807) is 0 Å². The Morgan fingerprint density at radius 1 is 1.32 bits per heavy atom. The second-order valence-electron chi connectivity index (χ2n) is 3.66. The molecule has 0 atom stereocenters. The molecule has 7 heteroatoms. The van der Waals surface area contributed by atoms with Gasteiger partial charge in [-0.15, -0.1) is 13.2 Å². The van der Waals surface area contributed by atoms with E-state index in [-0.39, 0.29) is 22.6 Å². The van der Waals surface area contributed by atoms with Crippen molar-refractivity contribution in [1.29, 1.82) is 0 Å². The fourth-order valence-electron chi connectivity index (χ4n) is 1.59. The van der Waals surface area contributed by atoms with Gasteiger partial charge in [-0.3, -0.25) is 4.79 Å². The van der Waals surface area contributed by atoms with E-state index in [2.05, 4.69) is 9.89 Å². The van der Waals surface area contributed by atoms with Gasteiger partial charge >= 0.3 is 6.36 Å². The Kier molecular flexibility index (Phi) is 3.28. The third-order valence-electron chi connectivity index (χ3n) is 2.39. The topological polar surface area (TPSA) is 52.3 Å². The van der Waals surface area contributed by atoms with Crippen LogP contribution >= 0.6 is 0 Å². The fourth-order valence-corrected chi connectivity index (χ4v) is 1.59. The Labute approximate surface area is 105 Å². The van der Waals surface area contributed by atoms with Gasteiger partial charge in [0, 0.05) is 5.56 Å². The normalized spacial score (nSPS) is 11.4. The van der Waals surface area contributed by atoms with Gasteiger partial charge in [-0.25, -0.2) is 0 Å². The van der Waals surface area contributed by atoms with Crippen molar-refractivity contribution in [2.75, 3.05) is 0 Å². The van der Waals surface area contributed by atoms with Gasteiger partial charge in [0.15, 0.2) is 6.29 Å². The minimum Gasteiger partial charge on any atom is -0.405 e. The predicted octanol–water partition coefficient (Wildman–Crippen LogP) is 3.36. The van der Waals surface area contributed by atoms with Crippen LogP contribution in [0.2, 0.25) is 0 Å². The van der Waals surface area contributed by atoms with E-state index < -0.39 is 12.1 Å². The number of hydrogen-bond acceptors (Lipinski definition) is 4. The molecule has 2 aromatic rings. The monoisotopic (exact) mass is 271 g/mol. The van der Waals surface area contributed by atoms with Crippen molar-refractivity contribution >= 4 is 6.29 Å². The fraction of sp³-hybridized carbons (Fsp3) is 0.167. The smallest absolute Gasteiger partial charge is 0.405 e. The van der Waals surface area contributed by atoms with Crippen molar-refractivity contribution in [2.24, 2.45) is 0 Å². The first-order valence-electron chi connectivity index (χ1n) is 5.19. The lowest BCUT2D eigenvalue weighted by Gasteiger charge is -2.11. The summed E-state index contributed by atoms with van der Waals surface area (Å²) in [5.74, 6) is -0.210. The van der Waals surface area contributed by atoms with Crippen LogP contribution < -0.4 is 4.74 Å². The number of rotatable bonds is 3.